The summed E-state index contributed by atoms with van der Waals surface area (Å²) in [5, 5.41) is 3.22. The lowest BCUT2D eigenvalue weighted by Crippen LogP contribution is -2.57. The van der Waals surface area contributed by atoms with Gasteiger partial charge in [0.05, 0.1) is 0 Å². The summed E-state index contributed by atoms with van der Waals surface area (Å²) in [6, 6.07) is 0. The first kappa shape index (κ1) is 12.0. The highest BCUT2D eigenvalue weighted by Gasteiger charge is 2.40. The third kappa shape index (κ3) is 2.96. The van der Waals surface area contributed by atoms with Gasteiger partial charge in [-0.1, -0.05) is 26.7 Å². The van der Waals surface area contributed by atoms with Gasteiger partial charge in [0, 0.05) is 26.2 Å². The molecule has 1 N–H and O–H groups in total. The molecule has 1 fully saturated rings. The average molecular weight is 198 g/mol. The van der Waals surface area contributed by atoms with Crippen LogP contribution in [0.3, 0.4) is 0 Å². The van der Waals surface area contributed by atoms with Gasteiger partial charge < -0.3 is 10.2 Å². The Morgan fingerprint density at radius 1 is 1.14 bits per heavy atom. The van der Waals surface area contributed by atoms with E-state index in [1.165, 1.54) is 45.3 Å². The second kappa shape index (κ2) is 5.72. The molecule has 1 aliphatic rings. The summed E-state index contributed by atoms with van der Waals surface area (Å²) in [4.78, 5) is 2.59. The van der Waals surface area contributed by atoms with Crippen LogP contribution in [0.15, 0.2) is 0 Å². The maximum Gasteiger partial charge on any atom is 0.0107 e. The van der Waals surface area contributed by atoms with Crippen molar-refractivity contribution in [2.75, 3.05) is 33.2 Å². The second-order valence-electron chi connectivity index (χ2n) is 4.81. The first-order chi connectivity index (χ1) is 6.76. The zero-order valence-electron chi connectivity index (χ0n) is 10.1. The lowest BCUT2D eigenvalue weighted by molar-refractivity contribution is -0.0130. The molecular formula is C12H26N2. The maximum atomic E-state index is 3.22. The molecule has 1 rings (SSSR count). The predicted molar refractivity (Wildman–Crippen MR) is 62.6 cm³/mol. The SMILES string of the molecule is CCCC1(CCC)CN(CCNC)C1. The lowest BCUT2D eigenvalue weighted by Gasteiger charge is -2.51. The molecule has 0 atom stereocenters. The van der Waals surface area contributed by atoms with Crippen molar-refractivity contribution in [1.29, 1.82) is 0 Å². The highest BCUT2D eigenvalue weighted by molar-refractivity contribution is 4.94. The van der Waals surface area contributed by atoms with Gasteiger partial charge in [-0.05, 0) is 25.3 Å². The molecule has 1 aliphatic heterocycles. The van der Waals surface area contributed by atoms with Gasteiger partial charge >= 0.3 is 0 Å². The molecule has 0 aromatic heterocycles. The van der Waals surface area contributed by atoms with E-state index in [-0.39, 0.29) is 0 Å². The second-order valence-corrected chi connectivity index (χ2v) is 4.81. The Bertz CT molecular complexity index is 142. The molecule has 2 nitrogen and oxygen atoms in total. The fraction of sp³-hybridized carbons (Fsp3) is 1.00. The van der Waals surface area contributed by atoms with Crippen LogP contribution in [-0.4, -0.2) is 38.1 Å². The smallest absolute Gasteiger partial charge is 0.0107 e. The molecular weight excluding hydrogens is 172 g/mol. The van der Waals surface area contributed by atoms with Gasteiger partial charge in [-0.3, -0.25) is 0 Å². The van der Waals surface area contributed by atoms with E-state index in [1.54, 1.807) is 0 Å². The Balaban J connectivity index is 2.24. The molecule has 14 heavy (non-hydrogen) atoms. The van der Waals surface area contributed by atoms with Crippen molar-refractivity contribution in [3.8, 4) is 0 Å². The highest BCUT2D eigenvalue weighted by Crippen LogP contribution is 2.39. The van der Waals surface area contributed by atoms with Crippen LogP contribution in [0, 0.1) is 5.41 Å². The van der Waals surface area contributed by atoms with Crippen molar-refractivity contribution in [2.45, 2.75) is 39.5 Å². The monoisotopic (exact) mass is 198 g/mol. The third-order valence-corrected chi connectivity index (χ3v) is 3.36. The van der Waals surface area contributed by atoms with E-state index < -0.39 is 0 Å². The zero-order chi connectivity index (χ0) is 10.4. The summed E-state index contributed by atoms with van der Waals surface area (Å²) in [5.41, 5.74) is 0.692. The number of hydrogen-bond acceptors (Lipinski definition) is 2. The Labute approximate surface area is 89.1 Å². The number of rotatable bonds is 7. The summed E-state index contributed by atoms with van der Waals surface area (Å²) < 4.78 is 0. The van der Waals surface area contributed by atoms with E-state index in [4.69, 9.17) is 0 Å². The van der Waals surface area contributed by atoms with Crippen LogP contribution in [0.2, 0.25) is 0 Å². The predicted octanol–water partition coefficient (Wildman–Crippen LogP) is 2.11. The van der Waals surface area contributed by atoms with Crippen LogP contribution in [0.25, 0.3) is 0 Å². The fourth-order valence-electron chi connectivity index (χ4n) is 2.83. The van der Waals surface area contributed by atoms with Gasteiger partial charge in [-0.2, -0.15) is 0 Å². The van der Waals surface area contributed by atoms with E-state index in [1.807, 2.05) is 7.05 Å². The van der Waals surface area contributed by atoms with Gasteiger partial charge in [0.1, 0.15) is 0 Å². The molecule has 0 unspecified atom stereocenters. The van der Waals surface area contributed by atoms with Crippen LogP contribution < -0.4 is 5.32 Å². The van der Waals surface area contributed by atoms with Gasteiger partial charge in [0.15, 0.2) is 0 Å². The Morgan fingerprint density at radius 2 is 1.71 bits per heavy atom. The Morgan fingerprint density at radius 3 is 2.14 bits per heavy atom. The molecule has 0 radical (unpaired) electrons. The molecule has 84 valence electrons. The average Bonchev–Trinajstić information content (AvgIpc) is 2.11. The van der Waals surface area contributed by atoms with E-state index in [0.717, 1.165) is 6.54 Å². The zero-order valence-corrected chi connectivity index (χ0v) is 10.1. The van der Waals surface area contributed by atoms with Gasteiger partial charge in [-0.25, -0.2) is 0 Å². The highest BCUT2D eigenvalue weighted by atomic mass is 15.2. The van der Waals surface area contributed by atoms with Crippen molar-refractivity contribution >= 4 is 0 Å². The minimum Gasteiger partial charge on any atom is -0.318 e. The lowest BCUT2D eigenvalue weighted by atomic mass is 9.73. The quantitative estimate of drug-likeness (QED) is 0.674. The van der Waals surface area contributed by atoms with Crippen LogP contribution in [0.5, 0.6) is 0 Å². The molecule has 0 bridgehead atoms. The molecule has 0 aliphatic carbocycles. The summed E-state index contributed by atoms with van der Waals surface area (Å²) in [7, 11) is 2.03. The molecule has 0 aromatic rings. The molecule has 1 saturated heterocycles. The van der Waals surface area contributed by atoms with Crippen molar-refractivity contribution in [1.82, 2.24) is 10.2 Å². The minimum atomic E-state index is 0.692. The number of nitrogens with zero attached hydrogens (tertiary/aromatic N) is 1. The fourth-order valence-corrected chi connectivity index (χ4v) is 2.83. The van der Waals surface area contributed by atoms with Crippen molar-refractivity contribution in [2.24, 2.45) is 5.41 Å². The first-order valence-corrected chi connectivity index (χ1v) is 6.13. The van der Waals surface area contributed by atoms with Crippen LogP contribution in [0.4, 0.5) is 0 Å². The molecule has 0 spiro atoms. The van der Waals surface area contributed by atoms with E-state index in [9.17, 15) is 0 Å². The van der Waals surface area contributed by atoms with Crippen LogP contribution >= 0.6 is 0 Å². The summed E-state index contributed by atoms with van der Waals surface area (Å²) in [5.74, 6) is 0. The molecule has 0 aromatic carbocycles. The Kier molecular flexibility index (Phi) is 4.90. The summed E-state index contributed by atoms with van der Waals surface area (Å²) in [6.45, 7) is 9.67. The van der Waals surface area contributed by atoms with E-state index in [0.29, 0.717) is 5.41 Å². The van der Waals surface area contributed by atoms with Crippen molar-refractivity contribution in [3.63, 3.8) is 0 Å². The number of likely N-dealkylation sites (N-methyl/N-ethyl adjacent to an activating group) is 1. The molecule has 0 saturated carbocycles. The van der Waals surface area contributed by atoms with Crippen molar-refractivity contribution in [3.05, 3.63) is 0 Å². The first-order valence-electron chi connectivity index (χ1n) is 6.13. The third-order valence-electron chi connectivity index (χ3n) is 3.36. The van der Waals surface area contributed by atoms with E-state index >= 15 is 0 Å². The number of nitrogens with one attached hydrogen (secondary N) is 1. The standard InChI is InChI=1S/C12H26N2/c1-4-6-12(7-5-2)10-14(11-12)9-8-13-3/h13H,4-11H2,1-3H3. The van der Waals surface area contributed by atoms with Gasteiger partial charge in [0.25, 0.3) is 0 Å². The summed E-state index contributed by atoms with van der Waals surface area (Å²) >= 11 is 0. The number of hydrogen-bond donors (Lipinski definition) is 1. The Hall–Kier alpha value is -0.0800. The minimum absolute atomic E-state index is 0.692. The van der Waals surface area contributed by atoms with Gasteiger partial charge in [0.2, 0.25) is 0 Å². The molecule has 1 heterocycles. The maximum absolute atomic E-state index is 3.22. The van der Waals surface area contributed by atoms with Gasteiger partial charge in [-0.15, -0.1) is 0 Å². The van der Waals surface area contributed by atoms with Crippen molar-refractivity contribution < 1.29 is 0 Å². The normalized spacial score (nSPS) is 20.8. The molecule has 0 amide bonds. The molecule has 2 heteroatoms. The number of likely N-dealkylation sites (tertiary alicyclic amines) is 1. The van der Waals surface area contributed by atoms with E-state index in [2.05, 4.69) is 24.1 Å². The van der Waals surface area contributed by atoms with Crippen LogP contribution in [0.1, 0.15) is 39.5 Å². The van der Waals surface area contributed by atoms with Crippen LogP contribution in [-0.2, 0) is 0 Å². The summed E-state index contributed by atoms with van der Waals surface area (Å²) in [6.07, 6.45) is 5.55. The topological polar surface area (TPSA) is 15.3 Å². The largest absolute Gasteiger partial charge is 0.318 e.